The van der Waals surface area contributed by atoms with Crippen LogP contribution in [0.25, 0.3) is 0 Å². The van der Waals surface area contributed by atoms with Crippen molar-refractivity contribution in [3.8, 4) is 0 Å². The predicted octanol–water partition coefficient (Wildman–Crippen LogP) is 6.89. The highest BCUT2D eigenvalue weighted by Gasteiger charge is 2.42. The predicted molar refractivity (Wildman–Crippen MR) is 102 cm³/mol. The van der Waals surface area contributed by atoms with E-state index in [2.05, 4.69) is 53.4 Å². The van der Waals surface area contributed by atoms with E-state index in [1.807, 2.05) is 0 Å². The van der Waals surface area contributed by atoms with E-state index in [1.165, 1.54) is 57.9 Å². The van der Waals surface area contributed by atoms with Gasteiger partial charge in [-0.2, -0.15) is 0 Å². The van der Waals surface area contributed by atoms with Gasteiger partial charge in [-0.3, -0.25) is 0 Å². The SMILES string of the molecule is CCCCCCCCCCN[Si](C(C)C)(C(C)C)C(C)C. The first-order valence-electron chi connectivity index (χ1n) is 9.64. The Bertz CT molecular complexity index is 214. The fourth-order valence-electron chi connectivity index (χ4n) is 4.18. The van der Waals surface area contributed by atoms with Crippen LogP contribution < -0.4 is 4.98 Å². The molecule has 0 spiro atoms. The van der Waals surface area contributed by atoms with Gasteiger partial charge in [0, 0.05) is 0 Å². The van der Waals surface area contributed by atoms with E-state index in [-0.39, 0.29) is 0 Å². The zero-order valence-electron chi connectivity index (χ0n) is 16.1. The standard InChI is InChI=1S/C19H43NSi/c1-8-9-10-11-12-13-14-15-16-20-21(17(2)3,18(4)5)19(6)7/h17-20H,8-16H2,1-7H3. The van der Waals surface area contributed by atoms with Crippen LogP contribution in [0.3, 0.4) is 0 Å². The Morgan fingerprint density at radius 2 is 1.00 bits per heavy atom. The minimum absolute atomic E-state index is 0.826. The molecular weight excluding hydrogens is 270 g/mol. The van der Waals surface area contributed by atoms with Crippen molar-refractivity contribution < 1.29 is 0 Å². The zero-order valence-corrected chi connectivity index (χ0v) is 17.1. The molecule has 21 heavy (non-hydrogen) atoms. The summed E-state index contributed by atoms with van der Waals surface area (Å²) in [5.74, 6) is 0. The molecule has 0 saturated heterocycles. The second kappa shape index (κ2) is 11.7. The van der Waals surface area contributed by atoms with Crippen molar-refractivity contribution in [2.45, 2.75) is 116 Å². The van der Waals surface area contributed by atoms with Gasteiger partial charge < -0.3 is 4.98 Å². The minimum atomic E-state index is -1.36. The van der Waals surface area contributed by atoms with Crippen LogP contribution in [0, 0.1) is 0 Å². The van der Waals surface area contributed by atoms with Gasteiger partial charge in [0.25, 0.3) is 0 Å². The van der Waals surface area contributed by atoms with Crippen molar-refractivity contribution in [1.82, 2.24) is 4.98 Å². The van der Waals surface area contributed by atoms with Crippen LogP contribution in [-0.4, -0.2) is 14.8 Å². The monoisotopic (exact) mass is 313 g/mol. The fraction of sp³-hybridized carbons (Fsp3) is 1.00. The molecule has 0 aliphatic heterocycles. The average molecular weight is 314 g/mol. The second-order valence-corrected chi connectivity index (χ2v) is 13.5. The first kappa shape index (κ1) is 21.2. The lowest BCUT2D eigenvalue weighted by molar-refractivity contribution is 0.569. The van der Waals surface area contributed by atoms with Crippen molar-refractivity contribution in [1.29, 1.82) is 0 Å². The Kier molecular flexibility index (Phi) is 11.8. The van der Waals surface area contributed by atoms with Crippen molar-refractivity contribution in [2.75, 3.05) is 6.54 Å². The summed E-state index contributed by atoms with van der Waals surface area (Å²) in [7, 11) is -1.36. The van der Waals surface area contributed by atoms with Gasteiger partial charge in [-0.1, -0.05) is 93.4 Å². The molecule has 0 rings (SSSR count). The summed E-state index contributed by atoms with van der Waals surface area (Å²) in [6.07, 6.45) is 11.3. The third-order valence-electron chi connectivity index (χ3n) is 5.33. The number of unbranched alkanes of at least 4 members (excludes halogenated alkanes) is 7. The number of hydrogen-bond donors (Lipinski definition) is 1. The molecule has 0 aliphatic rings. The summed E-state index contributed by atoms with van der Waals surface area (Å²) in [6, 6.07) is 0. The topological polar surface area (TPSA) is 12.0 Å². The van der Waals surface area contributed by atoms with E-state index >= 15 is 0 Å². The Labute approximate surface area is 136 Å². The van der Waals surface area contributed by atoms with Gasteiger partial charge >= 0.3 is 0 Å². The molecule has 2 heteroatoms. The molecule has 0 bridgehead atoms. The van der Waals surface area contributed by atoms with E-state index in [1.54, 1.807) is 0 Å². The number of rotatable bonds is 13. The molecule has 1 nitrogen and oxygen atoms in total. The molecule has 0 fully saturated rings. The molecule has 0 aromatic heterocycles. The van der Waals surface area contributed by atoms with Crippen molar-refractivity contribution in [2.24, 2.45) is 0 Å². The summed E-state index contributed by atoms with van der Waals surface area (Å²) in [5, 5.41) is 0. The maximum atomic E-state index is 4.08. The van der Waals surface area contributed by atoms with Gasteiger partial charge in [0.15, 0.2) is 0 Å². The quantitative estimate of drug-likeness (QED) is 0.288. The maximum absolute atomic E-state index is 4.08. The summed E-state index contributed by atoms with van der Waals surface area (Å²) in [6.45, 7) is 18.2. The van der Waals surface area contributed by atoms with Crippen LogP contribution in [-0.2, 0) is 0 Å². The highest BCUT2D eigenvalue weighted by atomic mass is 28.3. The highest BCUT2D eigenvalue weighted by molar-refractivity contribution is 6.81. The number of nitrogens with one attached hydrogen (secondary N) is 1. The Balaban J connectivity index is 3.95. The summed E-state index contributed by atoms with van der Waals surface area (Å²) >= 11 is 0. The molecule has 0 atom stereocenters. The van der Waals surface area contributed by atoms with Crippen LogP contribution >= 0.6 is 0 Å². The first-order valence-corrected chi connectivity index (χ1v) is 11.9. The number of hydrogen-bond acceptors (Lipinski definition) is 1. The smallest absolute Gasteiger partial charge is 0.133 e. The maximum Gasteiger partial charge on any atom is 0.133 e. The molecule has 0 radical (unpaired) electrons. The molecule has 0 aromatic carbocycles. The van der Waals surface area contributed by atoms with Gasteiger partial charge in [-0.25, -0.2) is 0 Å². The summed E-state index contributed by atoms with van der Waals surface area (Å²) in [5.41, 5.74) is 2.48. The van der Waals surface area contributed by atoms with Crippen LogP contribution in [0.2, 0.25) is 16.6 Å². The molecule has 0 saturated carbocycles. The molecular formula is C19H43NSi. The normalized spacial score (nSPS) is 12.9. The van der Waals surface area contributed by atoms with E-state index in [4.69, 9.17) is 0 Å². The third kappa shape index (κ3) is 7.32. The lowest BCUT2D eigenvalue weighted by atomic mass is 10.1. The van der Waals surface area contributed by atoms with E-state index < -0.39 is 8.24 Å². The fourth-order valence-corrected chi connectivity index (χ4v) is 10.0. The Morgan fingerprint density at radius 3 is 1.38 bits per heavy atom. The van der Waals surface area contributed by atoms with Crippen LogP contribution in [0.1, 0.15) is 99.8 Å². The van der Waals surface area contributed by atoms with E-state index in [0.717, 1.165) is 16.6 Å². The molecule has 0 unspecified atom stereocenters. The van der Waals surface area contributed by atoms with Gasteiger partial charge in [-0.05, 0) is 29.6 Å². The van der Waals surface area contributed by atoms with E-state index in [0.29, 0.717) is 0 Å². The first-order chi connectivity index (χ1) is 9.89. The Hall–Kier alpha value is 0.177. The molecule has 0 heterocycles. The van der Waals surface area contributed by atoms with Gasteiger partial charge in [0.1, 0.15) is 8.24 Å². The highest BCUT2D eigenvalue weighted by Crippen LogP contribution is 2.38. The van der Waals surface area contributed by atoms with Crippen molar-refractivity contribution >= 4 is 8.24 Å². The molecule has 0 aromatic rings. The molecule has 128 valence electrons. The summed E-state index contributed by atoms with van der Waals surface area (Å²) in [4.78, 5) is 4.08. The van der Waals surface area contributed by atoms with E-state index in [9.17, 15) is 0 Å². The summed E-state index contributed by atoms with van der Waals surface area (Å²) < 4.78 is 0. The largest absolute Gasteiger partial charge is 0.336 e. The van der Waals surface area contributed by atoms with Gasteiger partial charge in [-0.15, -0.1) is 0 Å². The van der Waals surface area contributed by atoms with Crippen LogP contribution in [0.4, 0.5) is 0 Å². The third-order valence-corrected chi connectivity index (χ3v) is 11.9. The lowest BCUT2D eigenvalue weighted by Gasteiger charge is -2.43. The minimum Gasteiger partial charge on any atom is -0.336 e. The van der Waals surface area contributed by atoms with Gasteiger partial charge in [0.05, 0.1) is 0 Å². The Morgan fingerprint density at radius 1 is 0.619 bits per heavy atom. The second-order valence-electron chi connectivity index (χ2n) is 7.80. The van der Waals surface area contributed by atoms with Crippen molar-refractivity contribution in [3.05, 3.63) is 0 Å². The lowest BCUT2D eigenvalue weighted by Crippen LogP contribution is -2.58. The van der Waals surface area contributed by atoms with Crippen LogP contribution in [0.5, 0.6) is 0 Å². The van der Waals surface area contributed by atoms with Crippen LogP contribution in [0.15, 0.2) is 0 Å². The average Bonchev–Trinajstić information content (AvgIpc) is 2.39. The zero-order chi connectivity index (χ0) is 16.3. The van der Waals surface area contributed by atoms with Crippen molar-refractivity contribution in [3.63, 3.8) is 0 Å². The molecule has 1 N–H and O–H groups in total. The molecule has 0 amide bonds. The molecule has 0 aliphatic carbocycles. The van der Waals surface area contributed by atoms with Gasteiger partial charge in [0.2, 0.25) is 0 Å².